The van der Waals surface area contributed by atoms with Crippen LogP contribution in [0.15, 0.2) is 42.4 Å². The van der Waals surface area contributed by atoms with Gasteiger partial charge in [-0.2, -0.15) is 0 Å². The molecule has 1 aliphatic rings. The van der Waals surface area contributed by atoms with Crippen molar-refractivity contribution in [2.75, 3.05) is 0 Å². The average molecular weight is 193 g/mol. The van der Waals surface area contributed by atoms with Gasteiger partial charge < -0.3 is 0 Å². The topological polar surface area (TPSA) is 12.9 Å². The summed E-state index contributed by atoms with van der Waals surface area (Å²) in [6.07, 6.45) is 2.88. The second-order valence-electron chi connectivity index (χ2n) is 3.12. The quantitative estimate of drug-likeness (QED) is 0.668. The smallest absolute Gasteiger partial charge is 0.133 e. The van der Waals surface area contributed by atoms with E-state index in [4.69, 9.17) is 0 Å². The fourth-order valence-electron chi connectivity index (χ4n) is 1.41. The summed E-state index contributed by atoms with van der Waals surface area (Å²) >= 11 is 0. The predicted molar refractivity (Wildman–Crippen MR) is 50.9 cm³/mol. The van der Waals surface area contributed by atoms with Crippen LogP contribution in [-0.4, -0.2) is 11.2 Å². The molecule has 1 aromatic rings. The Balaban J connectivity index is 2.35. The minimum atomic E-state index is -1.28. The first-order valence-electron chi connectivity index (χ1n) is 4.39. The van der Waals surface area contributed by atoms with Gasteiger partial charge in [0.25, 0.3) is 0 Å². The number of nitrogens with zero attached hydrogens (tertiary/aromatic N) is 1. The summed E-state index contributed by atoms with van der Waals surface area (Å²) in [6.45, 7) is 0. The molecule has 0 amide bonds. The largest absolute Gasteiger partial charge is 0.256 e. The molecule has 1 aliphatic carbocycles. The third-order valence-electron chi connectivity index (χ3n) is 2.12. The molecule has 0 aromatic carbocycles. The van der Waals surface area contributed by atoms with Crippen LogP contribution < -0.4 is 0 Å². The standard InChI is InChI=1S/C11H9F2N/c12-8-4-5-9(10(13)7-8)11-3-1-2-6-14-11/h1-6,10H,7H2. The van der Waals surface area contributed by atoms with Crippen molar-refractivity contribution < 1.29 is 8.78 Å². The summed E-state index contributed by atoms with van der Waals surface area (Å²) in [6, 6.07) is 5.26. The predicted octanol–water partition coefficient (Wildman–Crippen LogP) is 3.06. The molecule has 0 fully saturated rings. The van der Waals surface area contributed by atoms with Crippen LogP contribution in [0.3, 0.4) is 0 Å². The van der Waals surface area contributed by atoms with Crippen molar-refractivity contribution in [1.29, 1.82) is 0 Å². The Bertz CT molecular complexity index is 382. The van der Waals surface area contributed by atoms with Crippen LogP contribution in [0.4, 0.5) is 8.78 Å². The van der Waals surface area contributed by atoms with Gasteiger partial charge in [0, 0.05) is 18.2 Å². The number of aromatic nitrogens is 1. The van der Waals surface area contributed by atoms with Gasteiger partial charge in [-0.3, -0.25) is 4.98 Å². The molecular formula is C11H9F2N. The lowest BCUT2D eigenvalue weighted by Crippen LogP contribution is -2.08. The van der Waals surface area contributed by atoms with Gasteiger partial charge in [0.05, 0.1) is 5.69 Å². The summed E-state index contributed by atoms with van der Waals surface area (Å²) in [7, 11) is 0. The summed E-state index contributed by atoms with van der Waals surface area (Å²) < 4.78 is 26.1. The zero-order valence-corrected chi connectivity index (χ0v) is 7.45. The van der Waals surface area contributed by atoms with E-state index >= 15 is 0 Å². The van der Waals surface area contributed by atoms with E-state index in [1.165, 1.54) is 12.2 Å². The normalized spacial score (nSPS) is 21.4. The lowest BCUT2D eigenvalue weighted by molar-refractivity contribution is 0.379. The SMILES string of the molecule is FC1=CC=C(c2ccccn2)C(F)C1. The Morgan fingerprint density at radius 3 is 2.79 bits per heavy atom. The van der Waals surface area contributed by atoms with E-state index in [0.29, 0.717) is 11.3 Å². The number of hydrogen-bond acceptors (Lipinski definition) is 1. The van der Waals surface area contributed by atoms with Crippen LogP contribution in [-0.2, 0) is 0 Å². The third-order valence-corrected chi connectivity index (χ3v) is 2.12. The third kappa shape index (κ3) is 1.71. The number of allylic oxidation sites excluding steroid dienone is 4. The van der Waals surface area contributed by atoms with Crippen molar-refractivity contribution in [1.82, 2.24) is 4.98 Å². The first-order valence-corrected chi connectivity index (χ1v) is 4.39. The van der Waals surface area contributed by atoms with Gasteiger partial charge in [-0.15, -0.1) is 0 Å². The maximum absolute atomic E-state index is 13.4. The molecule has 3 heteroatoms. The number of halogens is 2. The number of alkyl halides is 1. The maximum Gasteiger partial charge on any atom is 0.133 e. The van der Waals surface area contributed by atoms with Gasteiger partial charge in [0.15, 0.2) is 0 Å². The molecule has 0 bridgehead atoms. The highest BCUT2D eigenvalue weighted by atomic mass is 19.1. The minimum absolute atomic E-state index is 0.178. The highest BCUT2D eigenvalue weighted by Crippen LogP contribution is 2.28. The van der Waals surface area contributed by atoms with Crippen molar-refractivity contribution in [2.45, 2.75) is 12.6 Å². The zero-order valence-electron chi connectivity index (χ0n) is 7.45. The van der Waals surface area contributed by atoms with Crippen molar-refractivity contribution in [3.63, 3.8) is 0 Å². The van der Waals surface area contributed by atoms with Crippen LogP contribution in [0.25, 0.3) is 5.57 Å². The summed E-state index contributed by atoms with van der Waals surface area (Å²) in [5.41, 5.74) is 1.02. The molecule has 1 nitrogen and oxygen atoms in total. The molecule has 1 heterocycles. The summed E-state index contributed by atoms with van der Waals surface area (Å²) in [5, 5.41) is 0. The van der Waals surface area contributed by atoms with Crippen molar-refractivity contribution in [2.24, 2.45) is 0 Å². The van der Waals surface area contributed by atoms with E-state index in [2.05, 4.69) is 4.98 Å². The van der Waals surface area contributed by atoms with Crippen LogP contribution >= 0.6 is 0 Å². The van der Waals surface area contributed by atoms with Gasteiger partial charge in [0.2, 0.25) is 0 Å². The average Bonchev–Trinajstić information content (AvgIpc) is 2.19. The molecule has 0 aliphatic heterocycles. The number of pyridine rings is 1. The summed E-state index contributed by atoms with van der Waals surface area (Å²) in [5.74, 6) is -0.419. The highest BCUT2D eigenvalue weighted by molar-refractivity contribution is 5.69. The van der Waals surface area contributed by atoms with Gasteiger partial charge >= 0.3 is 0 Å². The van der Waals surface area contributed by atoms with E-state index in [0.717, 1.165) is 0 Å². The van der Waals surface area contributed by atoms with Gasteiger partial charge in [-0.1, -0.05) is 12.1 Å². The Morgan fingerprint density at radius 1 is 1.29 bits per heavy atom. The van der Waals surface area contributed by atoms with Gasteiger partial charge in [-0.05, 0) is 18.2 Å². The molecule has 14 heavy (non-hydrogen) atoms. The van der Waals surface area contributed by atoms with Crippen LogP contribution in [0, 0.1) is 0 Å². The molecule has 0 N–H and O–H groups in total. The van der Waals surface area contributed by atoms with Gasteiger partial charge in [0.1, 0.15) is 12.0 Å². The van der Waals surface area contributed by atoms with Crippen molar-refractivity contribution in [3.05, 3.63) is 48.1 Å². The molecule has 1 aromatic heterocycles. The lowest BCUT2D eigenvalue weighted by Gasteiger charge is -2.14. The molecule has 2 rings (SSSR count). The molecule has 0 radical (unpaired) electrons. The second kappa shape index (κ2) is 3.70. The lowest BCUT2D eigenvalue weighted by atomic mass is 9.99. The molecule has 1 atom stereocenters. The molecule has 0 spiro atoms. The highest BCUT2D eigenvalue weighted by Gasteiger charge is 2.20. The Kier molecular flexibility index (Phi) is 2.39. The first kappa shape index (κ1) is 9.06. The molecular weight excluding hydrogens is 184 g/mol. The zero-order chi connectivity index (χ0) is 9.97. The summed E-state index contributed by atoms with van der Waals surface area (Å²) in [4.78, 5) is 4.02. The second-order valence-corrected chi connectivity index (χ2v) is 3.12. The Hall–Kier alpha value is -1.51. The number of rotatable bonds is 1. The first-order chi connectivity index (χ1) is 6.77. The van der Waals surface area contributed by atoms with Crippen molar-refractivity contribution in [3.8, 4) is 0 Å². The van der Waals surface area contributed by atoms with E-state index in [1.54, 1.807) is 24.4 Å². The van der Waals surface area contributed by atoms with E-state index in [1.807, 2.05) is 0 Å². The van der Waals surface area contributed by atoms with E-state index in [-0.39, 0.29) is 6.42 Å². The van der Waals surface area contributed by atoms with Crippen molar-refractivity contribution >= 4 is 5.57 Å². The fourth-order valence-corrected chi connectivity index (χ4v) is 1.41. The molecule has 72 valence electrons. The van der Waals surface area contributed by atoms with E-state index in [9.17, 15) is 8.78 Å². The minimum Gasteiger partial charge on any atom is -0.256 e. The number of hydrogen-bond donors (Lipinski definition) is 0. The van der Waals surface area contributed by atoms with Crippen LogP contribution in [0.1, 0.15) is 12.1 Å². The molecule has 0 saturated heterocycles. The van der Waals surface area contributed by atoms with E-state index < -0.39 is 12.0 Å². The van der Waals surface area contributed by atoms with Gasteiger partial charge in [-0.25, -0.2) is 8.78 Å². The molecule has 1 unspecified atom stereocenters. The van der Waals surface area contributed by atoms with Crippen LogP contribution in [0.5, 0.6) is 0 Å². The van der Waals surface area contributed by atoms with Crippen LogP contribution in [0.2, 0.25) is 0 Å². The molecule has 0 saturated carbocycles. The fraction of sp³-hybridized carbons (Fsp3) is 0.182. The Morgan fingerprint density at radius 2 is 2.14 bits per heavy atom. The monoisotopic (exact) mass is 193 g/mol. The maximum atomic E-state index is 13.4. The Labute approximate surface area is 80.8 Å².